The Bertz CT molecular complexity index is 874. The number of aryl methyl sites for hydroxylation is 1. The molecule has 0 radical (unpaired) electrons. The lowest BCUT2D eigenvalue weighted by Crippen LogP contribution is -2.50. The maximum absolute atomic E-state index is 12.6. The van der Waals surface area contributed by atoms with Crippen molar-refractivity contribution in [2.24, 2.45) is 0 Å². The summed E-state index contributed by atoms with van der Waals surface area (Å²) >= 11 is 12.7. The molecular weight excluding hydrogens is 415 g/mol. The first-order chi connectivity index (χ1) is 12.4. The zero-order chi connectivity index (χ0) is 18.7. The third-order valence-corrected chi connectivity index (χ3v) is 8.12. The third-order valence-electron chi connectivity index (χ3n) is 4.27. The van der Waals surface area contributed by atoms with Gasteiger partial charge in [0.1, 0.15) is 4.21 Å². The molecule has 0 N–H and O–H groups in total. The van der Waals surface area contributed by atoms with Gasteiger partial charge in [0.25, 0.3) is 10.0 Å². The molecule has 5 nitrogen and oxygen atoms in total. The third kappa shape index (κ3) is 4.58. The van der Waals surface area contributed by atoms with E-state index in [0.29, 0.717) is 48.4 Å². The SMILES string of the molecule is O=C(CCc1ccc(Cl)cc1)N1CCN(S(=O)(=O)c2ccc(Cl)s2)CC1. The number of sulfonamides is 1. The molecule has 0 aliphatic carbocycles. The molecular formula is C17H18Cl2N2O3S2. The number of piperazine rings is 1. The van der Waals surface area contributed by atoms with E-state index < -0.39 is 10.0 Å². The van der Waals surface area contributed by atoms with Crippen LogP contribution in [0.25, 0.3) is 0 Å². The van der Waals surface area contributed by atoms with Crippen molar-refractivity contribution in [1.82, 2.24) is 9.21 Å². The van der Waals surface area contributed by atoms with Gasteiger partial charge in [-0.05, 0) is 36.2 Å². The van der Waals surface area contributed by atoms with Crippen LogP contribution in [0, 0.1) is 0 Å². The van der Waals surface area contributed by atoms with Crippen molar-refractivity contribution in [2.45, 2.75) is 17.1 Å². The van der Waals surface area contributed by atoms with Gasteiger partial charge in [0, 0.05) is 37.6 Å². The van der Waals surface area contributed by atoms with Crippen LogP contribution in [-0.2, 0) is 21.2 Å². The molecule has 0 bridgehead atoms. The molecule has 1 aromatic heterocycles. The molecule has 0 saturated carbocycles. The number of nitrogens with zero attached hydrogens (tertiary/aromatic N) is 2. The van der Waals surface area contributed by atoms with Crippen molar-refractivity contribution in [2.75, 3.05) is 26.2 Å². The van der Waals surface area contributed by atoms with Crippen molar-refractivity contribution in [3.63, 3.8) is 0 Å². The highest BCUT2D eigenvalue weighted by Gasteiger charge is 2.30. The van der Waals surface area contributed by atoms with Crippen molar-refractivity contribution in [3.8, 4) is 0 Å². The second-order valence-corrected chi connectivity index (χ2v) is 10.3. The van der Waals surface area contributed by atoms with E-state index in [9.17, 15) is 13.2 Å². The zero-order valence-electron chi connectivity index (χ0n) is 13.9. The summed E-state index contributed by atoms with van der Waals surface area (Å²) in [5.74, 6) is 0.0381. The van der Waals surface area contributed by atoms with Gasteiger partial charge in [-0.2, -0.15) is 4.31 Å². The van der Waals surface area contributed by atoms with Crippen molar-refractivity contribution in [3.05, 3.63) is 51.3 Å². The topological polar surface area (TPSA) is 57.7 Å². The molecule has 1 saturated heterocycles. The Morgan fingerprint density at radius 3 is 2.23 bits per heavy atom. The number of thiophene rings is 1. The molecule has 2 heterocycles. The molecule has 1 aromatic carbocycles. The van der Waals surface area contributed by atoms with Gasteiger partial charge in [-0.3, -0.25) is 4.79 Å². The average Bonchev–Trinajstić information content (AvgIpc) is 3.08. The minimum absolute atomic E-state index is 0.0381. The normalized spacial score (nSPS) is 16.0. The lowest BCUT2D eigenvalue weighted by molar-refractivity contribution is -0.132. The van der Waals surface area contributed by atoms with Gasteiger partial charge >= 0.3 is 0 Å². The summed E-state index contributed by atoms with van der Waals surface area (Å²) < 4.78 is 27.3. The van der Waals surface area contributed by atoms with E-state index in [0.717, 1.165) is 16.9 Å². The number of halogens is 2. The Morgan fingerprint density at radius 1 is 1.00 bits per heavy atom. The van der Waals surface area contributed by atoms with Gasteiger partial charge in [0.05, 0.1) is 4.34 Å². The summed E-state index contributed by atoms with van der Waals surface area (Å²) in [7, 11) is -3.53. The maximum Gasteiger partial charge on any atom is 0.252 e. The highest BCUT2D eigenvalue weighted by Crippen LogP contribution is 2.28. The Morgan fingerprint density at radius 2 is 1.65 bits per heavy atom. The first-order valence-electron chi connectivity index (χ1n) is 8.14. The Labute approximate surface area is 167 Å². The van der Waals surface area contributed by atoms with Crippen LogP contribution in [0.4, 0.5) is 0 Å². The van der Waals surface area contributed by atoms with E-state index in [2.05, 4.69) is 0 Å². The number of carbonyl (C=O) groups is 1. The van der Waals surface area contributed by atoms with Crippen LogP contribution in [0.3, 0.4) is 0 Å². The molecule has 9 heteroatoms. The van der Waals surface area contributed by atoms with Crippen molar-refractivity contribution in [1.29, 1.82) is 0 Å². The largest absolute Gasteiger partial charge is 0.340 e. The van der Waals surface area contributed by atoms with Crippen LogP contribution in [0.1, 0.15) is 12.0 Å². The van der Waals surface area contributed by atoms with Crippen molar-refractivity contribution >= 4 is 50.5 Å². The summed E-state index contributed by atoms with van der Waals surface area (Å²) in [4.78, 5) is 14.1. The molecule has 1 aliphatic rings. The standard InChI is InChI=1S/C17H18Cl2N2O3S2/c18-14-4-1-13(2-5-14)3-7-16(22)20-9-11-21(12-10-20)26(23,24)17-8-6-15(19)25-17/h1-2,4-6,8H,3,7,9-12H2. The summed E-state index contributed by atoms with van der Waals surface area (Å²) in [5.41, 5.74) is 1.05. The Kier molecular flexibility index (Phi) is 6.25. The predicted molar refractivity (Wildman–Crippen MR) is 104 cm³/mol. The number of rotatable bonds is 5. The molecule has 3 rings (SSSR count). The lowest BCUT2D eigenvalue weighted by atomic mass is 10.1. The van der Waals surface area contributed by atoms with E-state index >= 15 is 0 Å². The Hall–Kier alpha value is -1.12. The summed E-state index contributed by atoms with van der Waals surface area (Å²) in [6.45, 7) is 1.39. The fraction of sp³-hybridized carbons (Fsp3) is 0.353. The molecule has 1 amide bonds. The van der Waals surface area contributed by atoms with Crippen LogP contribution >= 0.6 is 34.5 Å². The maximum atomic E-state index is 12.6. The van der Waals surface area contributed by atoms with Gasteiger partial charge in [-0.1, -0.05) is 35.3 Å². The first-order valence-corrected chi connectivity index (χ1v) is 11.2. The molecule has 0 unspecified atom stereocenters. The lowest BCUT2D eigenvalue weighted by Gasteiger charge is -2.33. The molecule has 2 aromatic rings. The number of carbonyl (C=O) groups excluding carboxylic acids is 1. The second kappa shape index (κ2) is 8.27. The van der Waals surface area contributed by atoms with Gasteiger partial charge in [-0.25, -0.2) is 8.42 Å². The highest BCUT2D eigenvalue weighted by atomic mass is 35.5. The van der Waals surface area contributed by atoms with Crippen molar-refractivity contribution < 1.29 is 13.2 Å². The fourth-order valence-corrected chi connectivity index (χ4v) is 5.99. The van der Waals surface area contributed by atoms with Gasteiger partial charge in [0.2, 0.25) is 5.91 Å². The summed E-state index contributed by atoms with van der Waals surface area (Å²) in [5, 5.41) is 0.671. The smallest absolute Gasteiger partial charge is 0.252 e. The van der Waals surface area contributed by atoms with Crippen LogP contribution in [-0.4, -0.2) is 49.7 Å². The number of benzene rings is 1. The highest BCUT2D eigenvalue weighted by molar-refractivity contribution is 7.91. The molecule has 140 valence electrons. The van der Waals surface area contributed by atoms with Crippen LogP contribution < -0.4 is 0 Å². The second-order valence-electron chi connectivity index (χ2n) is 5.97. The zero-order valence-corrected chi connectivity index (χ0v) is 17.0. The van der Waals surface area contributed by atoms with Gasteiger partial charge < -0.3 is 4.90 Å². The fourth-order valence-electron chi connectivity index (χ4n) is 2.80. The molecule has 1 fully saturated rings. The van der Waals surface area contributed by atoms with Crippen LogP contribution in [0.2, 0.25) is 9.36 Å². The van der Waals surface area contributed by atoms with E-state index in [1.807, 2.05) is 24.3 Å². The van der Waals surface area contributed by atoms with E-state index in [1.165, 1.54) is 10.4 Å². The van der Waals surface area contributed by atoms with Gasteiger partial charge in [0.15, 0.2) is 0 Å². The Balaban J connectivity index is 1.53. The minimum atomic E-state index is -3.53. The summed E-state index contributed by atoms with van der Waals surface area (Å²) in [6.07, 6.45) is 1.04. The molecule has 0 atom stereocenters. The first kappa shape index (κ1) is 19.6. The summed E-state index contributed by atoms with van der Waals surface area (Å²) in [6, 6.07) is 10.5. The van der Waals surface area contributed by atoms with Gasteiger partial charge in [-0.15, -0.1) is 11.3 Å². The number of hydrogen-bond donors (Lipinski definition) is 0. The predicted octanol–water partition coefficient (Wildman–Crippen LogP) is 3.52. The van der Waals surface area contributed by atoms with E-state index in [-0.39, 0.29) is 10.1 Å². The van der Waals surface area contributed by atoms with Crippen LogP contribution in [0.5, 0.6) is 0 Å². The number of amides is 1. The minimum Gasteiger partial charge on any atom is -0.340 e. The molecule has 0 spiro atoms. The van der Waals surface area contributed by atoms with Crippen LogP contribution in [0.15, 0.2) is 40.6 Å². The van der Waals surface area contributed by atoms with E-state index in [4.69, 9.17) is 23.2 Å². The molecule has 1 aliphatic heterocycles. The quantitative estimate of drug-likeness (QED) is 0.725. The monoisotopic (exact) mass is 432 g/mol. The number of hydrogen-bond acceptors (Lipinski definition) is 4. The molecule has 26 heavy (non-hydrogen) atoms. The average molecular weight is 433 g/mol. The van der Waals surface area contributed by atoms with E-state index in [1.54, 1.807) is 11.0 Å².